The summed E-state index contributed by atoms with van der Waals surface area (Å²) in [5.74, 6) is 0.265. The first-order valence-electron chi connectivity index (χ1n) is 6.75. The van der Waals surface area contributed by atoms with Crippen LogP contribution in [0.2, 0.25) is 5.02 Å². The first kappa shape index (κ1) is 15.5. The Kier molecular flexibility index (Phi) is 6.66. The molecule has 0 saturated heterocycles. The molecule has 1 rings (SSSR count). The van der Waals surface area contributed by atoms with Crippen molar-refractivity contribution in [2.45, 2.75) is 46.1 Å². The third kappa shape index (κ3) is 4.58. The molecule has 0 aliphatic carbocycles. The Morgan fingerprint density at radius 3 is 2.61 bits per heavy atom. The van der Waals surface area contributed by atoms with Gasteiger partial charge in [0.1, 0.15) is 5.82 Å². The summed E-state index contributed by atoms with van der Waals surface area (Å²) in [5.41, 5.74) is 1.09. The maximum Gasteiger partial charge on any atom is 0.141 e. The van der Waals surface area contributed by atoms with Crippen LogP contribution >= 0.6 is 11.6 Å². The lowest BCUT2D eigenvalue weighted by Crippen LogP contribution is -2.36. The summed E-state index contributed by atoms with van der Waals surface area (Å²) in [4.78, 5) is 0. The zero-order chi connectivity index (χ0) is 13.5. The molecule has 2 unspecified atom stereocenters. The summed E-state index contributed by atoms with van der Waals surface area (Å²) in [7, 11) is 0. The molecule has 0 fully saturated rings. The van der Waals surface area contributed by atoms with Gasteiger partial charge in [0, 0.05) is 6.04 Å². The Hall–Kier alpha value is -0.600. The van der Waals surface area contributed by atoms with Crippen LogP contribution in [-0.4, -0.2) is 12.6 Å². The van der Waals surface area contributed by atoms with Crippen molar-refractivity contribution in [3.8, 4) is 0 Å². The van der Waals surface area contributed by atoms with Crippen molar-refractivity contribution in [3.05, 3.63) is 34.6 Å². The van der Waals surface area contributed by atoms with E-state index in [9.17, 15) is 4.39 Å². The third-order valence-corrected chi connectivity index (χ3v) is 3.63. The molecule has 1 aromatic rings. The van der Waals surface area contributed by atoms with E-state index in [1.165, 1.54) is 18.9 Å². The van der Waals surface area contributed by atoms with Crippen molar-refractivity contribution in [1.29, 1.82) is 0 Å². The van der Waals surface area contributed by atoms with Gasteiger partial charge in [0.25, 0.3) is 0 Å². The number of benzene rings is 1. The maximum atomic E-state index is 13.1. The Labute approximate surface area is 115 Å². The standard InChI is InChI=1S/C15H23ClFN/c1-4-6-11(3)15(18-5-2)10-12-7-8-14(17)13(16)9-12/h7-9,11,15,18H,4-6,10H2,1-3H3. The molecule has 3 heteroatoms. The molecule has 1 nitrogen and oxygen atoms in total. The monoisotopic (exact) mass is 271 g/mol. The molecular weight excluding hydrogens is 249 g/mol. The zero-order valence-corrected chi connectivity index (χ0v) is 12.2. The van der Waals surface area contributed by atoms with Crippen LogP contribution in [0.4, 0.5) is 4.39 Å². The van der Waals surface area contributed by atoms with Crippen LogP contribution in [0, 0.1) is 11.7 Å². The Balaban J connectivity index is 2.72. The predicted molar refractivity (Wildman–Crippen MR) is 76.7 cm³/mol. The van der Waals surface area contributed by atoms with Crippen LogP contribution in [0.3, 0.4) is 0 Å². The average Bonchev–Trinajstić information content (AvgIpc) is 2.33. The molecular formula is C15H23ClFN. The van der Waals surface area contributed by atoms with Crippen LogP contribution in [0.15, 0.2) is 18.2 Å². The summed E-state index contributed by atoms with van der Waals surface area (Å²) >= 11 is 5.82. The SMILES string of the molecule is CCCC(C)C(Cc1ccc(F)c(Cl)c1)NCC. The molecule has 102 valence electrons. The molecule has 0 aliphatic rings. The first-order chi connectivity index (χ1) is 8.58. The fourth-order valence-corrected chi connectivity index (χ4v) is 2.52. The number of hydrogen-bond donors (Lipinski definition) is 1. The minimum absolute atomic E-state index is 0.214. The molecule has 18 heavy (non-hydrogen) atoms. The van der Waals surface area contributed by atoms with E-state index < -0.39 is 0 Å². The van der Waals surface area contributed by atoms with Gasteiger partial charge in [0.15, 0.2) is 0 Å². The minimum Gasteiger partial charge on any atom is -0.314 e. The van der Waals surface area contributed by atoms with Gasteiger partial charge >= 0.3 is 0 Å². The van der Waals surface area contributed by atoms with Gasteiger partial charge < -0.3 is 5.32 Å². The highest BCUT2D eigenvalue weighted by molar-refractivity contribution is 6.30. The molecule has 2 atom stereocenters. The van der Waals surface area contributed by atoms with E-state index in [2.05, 4.69) is 26.1 Å². The molecule has 0 bridgehead atoms. The highest BCUT2D eigenvalue weighted by Crippen LogP contribution is 2.20. The molecule has 0 spiro atoms. The van der Waals surface area contributed by atoms with Gasteiger partial charge in [-0.05, 0) is 43.0 Å². The van der Waals surface area contributed by atoms with Crippen molar-refractivity contribution in [2.75, 3.05) is 6.54 Å². The Bertz CT molecular complexity index is 368. The van der Waals surface area contributed by atoms with Crippen LogP contribution in [-0.2, 0) is 6.42 Å². The van der Waals surface area contributed by atoms with E-state index >= 15 is 0 Å². The smallest absolute Gasteiger partial charge is 0.141 e. The summed E-state index contributed by atoms with van der Waals surface area (Å²) in [6.07, 6.45) is 3.29. The topological polar surface area (TPSA) is 12.0 Å². The van der Waals surface area contributed by atoms with Gasteiger partial charge in [-0.2, -0.15) is 0 Å². The van der Waals surface area contributed by atoms with Crippen LogP contribution in [0.25, 0.3) is 0 Å². The fraction of sp³-hybridized carbons (Fsp3) is 0.600. The second-order valence-corrected chi connectivity index (χ2v) is 5.29. The summed E-state index contributed by atoms with van der Waals surface area (Å²) in [5, 5.41) is 3.73. The quantitative estimate of drug-likeness (QED) is 0.773. The molecule has 0 aliphatic heterocycles. The second kappa shape index (κ2) is 7.75. The molecule has 0 amide bonds. The average molecular weight is 272 g/mol. The maximum absolute atomic E-state index is 13.1. The minimum atomic E-state index is -0.345. The van der Waals surface area contributed by atoms with Crippen molar-refractivity contribution < 1.29 is 4.39 Å². The highest BCUT2D eigenvalue weighted by atomic mass is 35.5. The number of rotatable bonds is 7. The lowest BCUT2D eigenvalue weighted by Gasteiger charge is -2.24. The van der Waals surface area contributed by atoms with Crippen LogP contribution < -0.4 is 5.32 Å². The van der Waals surface area contributed by atoms with Crippen LogP contribution in [0.1, 0.15) is 39.2 Å². The molecule has 0 heterocycles. The first-order valence-corrected chi connectivity index (χ1v) is 7.13. The van der Waals surface area contributed by atoms with E-state index in [1.807, 2.05) is 6.07 Å². The number of likely N-dealkylation sites (N-methyl/N-ethyl adjacent to an activating group) is 1. The van der Waals surface area contributed by atoms with Crippen LogP contribution in [0.5, 0.6) is 0 Å². The van der Waals surface area contributed by atoms with Crippen molar-refractivity contribution in [2.24, 2.45) is 5.92 Å². The van der Waals surface area contributed by atoms with Crippen molar-refractivity contribution >= 4 is 11.6 Å². The third-order valence-electron chi connectivity index (χ3n) is 3.34. The van der Waals surface area contributed by atoms with E-state index in [4.69, 9.17) is 11.6 Å². The van der Waals surface area contributed by atoms with E-state index in [0.717, 1.165) is 18.5 Å². The summed E-state index contributed by atoms with van der Waals surface area (Å²) < 4.78 is 13.1. The van der Waals surface area contributed by atoms with Gasteiger partial charge in [0.2, 0.25) is 0 Å². The Morgan fingerprint density at radius 1 is 1.33 bits per heavy atom. The largest absolute Gasteiger partial charge is 0.314 e. The number of nitrogens with one attached hydrogen (secondary N) is 1. The number of halogens is 2. The normalized spacial score (nSPS) is 14.5. The summed E-state index contributed by atoms with van der Waals surface area (Å²) in [6.45, 7) is 7.53. The van der Waals surface area contributed by atoms with Gasteiger partial charge in [-0.1, -0.05) is 44.9 Å². The lowest BCUT2D eigenvalue weighted by molar-refractivity contribution is 0.358. The van der Waals surface area contributed by atoms with Crippen molar-refractivity contribution in [3.63, 3.8) is 0 Å². The lowest BCUT2D eigenvalue weighted by atomic mass is 9.91. The van der Waals surface area contributed by atoms with E-state index in [0.29, 0.717) is 12.0 Å². The molecule has 0 saturated carbocycles. The molecule has 1 aromatic carbocycles. The second-order valence-electron chi connectivity index (χ2n) is 4.88. The fourth-order valence-electron chi connectivity index (χ4n) is 2.31. The predicted octanol–water partition coefficient (Wildman–Crippen LogP) is 4.44. The van der Waals surface area contributed by atoms with Gasteiger partial charge in [-0.3, -0.25) is 0 Å². The Morgan fingerprint density at radius 2 is 2.06 bits per heavy atom. The van der Waals surface area contributed by atoms with Gasteiger partial charge in [-0.15, -0.1) is 0 Å². The highest BCUT2D eigenvalue weighted by Gasteiger charge is 2.16. The molecule has 1 N–H and O–H groups in total. The van der Waals surface area contributed by atoms with E-state index in [-0.39, 0.29) is 10.8 Å². The van der Waals surface area contributed by atoms with Gasteiger partial charge in [0.05, 0.1) is 5.02 Å². The van der Waals surface area contributed by atoms with Crippen molar-refractivity contribution in [1.82, 2.24) is 5.32 Å². The molecule has 0 radical (unpaired) electrons. The van der Waals surface area contributed by atoms with Gasteiger partial charge in [-0.25, -0.2) is 4.39 Å². The summed E-state index contributed by atoms with van der Waals surface area (Å²) in [6, 6.07) is 5.44. The molecule has 0 aromatic heterocycles. The number of hydrogen-bond acceptors (Lipinski definition) is 1. The van der Waals surface area contributed by atoms with E-state index in [1.54, 1.807) is 6.07 Å². The zero-order valence-electron chi connectivity index (χ0n) is 11.5.